The Labute approximate surface area is 110 Å². The summed E-state index contributed by atoms with van der Waals surface area (Å²) in [6, 6.07) is 4.68. The maximum atomic E-state index is 9.49. The highest BCUT2D eigenvalue weighted by molar-refractivity contribution is 9.10. The smallest absolute Gasteiger partial charge is 0.0693 e. The van der Waals surface area contributed by atoms with E-state index in [4.69, 9.17) is 0 Å². The maximum Gasteiger partial charge on any atom is 0.0693 e. The first kappa shape index (κ1) is 12.1. The number of nitriles is 1. The van der Waals surface area contributed by atoms with Crippen molar-refractivity contribution in [2.45, 2.75) is 39.0 Å². The Bertz CT molecular complexity index is 406. The molecule has 0 radical (unpaired) electrons. The van der Waals surface area contributed by atoms with Gasteiger partial charge in [-0.1, -0.05) is 19.8 Å². The molecule has 86 valence electrons. The molecule has 1 nitrogen and oxygen atoms in total. The Balaban J connectivity index is 2.17. The number of halogens is 1. The molecule has 0 spiro atoms. The van der Waals surface area contributed by atoms with Crippen molar-refractivity contribution in [2.75, 3.05) is 0 Å². The van der Waals surface area contributed by atoms with Gasteiger partial charge in [0.15, 0.2) is 0 Å². The molecule has 0 aliphatic heterocycles. The molecule has 0 aromatic carbocycles. The second-order valence-corrected chi connectivity index (χ2v) is 6.82. The van der Waals surface area contributed by atoms with Gasteiger partial charge in [-0.3, -0.25) is 0 Å². The molecule has 1 aliphatic carbocycles. The van der Waals surface area contributed by atoms with Gasteiger partial charge in [-0.25, -0.2) is 0 Å². The molecule has 1 saturated carbocycles. The third kappa shape index (κ3) is 2.49. The summed E-state index contributed by atoms with van der Waals surface area (Å²) in [6.07, 6.45) is 5.55. The van der Waals surface area contributed by atoms with Crippen LogP contribution in [0.5, 0.6) is 0 Å². The van der Waals surface area contributed by atoms with Crippen LogP contribution >= 0.6 is 27.3 Å². The van der Waals surface area contributed by atoms with Crippen molar-refractivity contribution in [3.05, 3.63) is 20.8 Å². The molecule has 1 aliphatic rings. The molecule has 2 atom stereocenters. The fourth-order valence-corrected chi connectivity index (χ4v) is 4.36. The molecule has 16 heavy (non-hydrogen) atoms. The third-order valence-electron chi connectivity index (χ3n) is 3.52. The standard InChI is InChI=1S/C13H16BrNS/c1-10-3-2-5-13(7-10,9-15)8-12-11(14)4-6-16-12/h4,6,10H,2-3,5,7-8H2,1H3. The highest BCUT2D eigenvalue weighted by Gasteiger charge is 2.35. The number of hydrogen-bond acceptors (Lipinski definition) is 2. The Morgan fingerprint density at radius 2 is 2.50 bits per heavy atom. The topological polar surface area (TPSA) is 23.8 Å². The predicted molar refractivity (Wildman–Crippen MR) is 71.4 cm³/mol. The van der Waals surface area contributed by atoms with Gasteiger partial charge >= 0.3 is 0 Å². The molecule has 1 aromatic heterocycles. The van der Waals surface area contributed by atoms with E-state index in [1.807, 2.05) is 0 Å². The lowest BCUT2D eigenvalue weighted by atomic mass is 9.69. The summed E-state index contributed by atoms with van der Waals surface area (Å²) in [5, 5.41) is 11.6. The van der Waals surface area contributed by atoms with E-state index in [1.165, 1.54) is 22.2 Å². The van der Waals surface area contributed by atoms with E-state index in [2.05, 4.69) is 40.4 Å². The molecule has 0 N–H and O–H groups in total. The quantitative estimate of drug-likeness (QED) is 0.771. The van der Waals surface area contributed by atoms with Gasteiger partial charge in [0.05, 0.1) is 11.5 Å². The van der Waals surface area contributed by atoms with Crippen molar-refractivity contribution in [3.63, 3.8) is 0 Å². The van der Waals surface area contributed by atoms with Gasteiger partial charge in [0.2, 0.25) is 0 Å². The number of nitrogens with zero attached hydrogens (tertiary/aromatic N) is 1. The van der Waals surface area contributed by atoms with E-state index in [0.29, 0.717) is 5.92 Å². The lowest BCUT2D eigenvalue weighted by Crippen LogP contribution is -2.28. The highest BCUT2D eigenvalue weighted by Crippen LogP contribution is 2.43. The zero-order valence-corrected chi connectivity index (χ0v) is 11.9. The zero-order chi connectivity index (χ0) is 11.6. The molecule has 0 amide bonds. The van der Waals surface area contributed by atoms with Crippen LogP contribution in [0.3, 0.4) is 0 Å². The van der Waals surface area contributed by atoms with Crippen LogP contribution in [0.4, 0.5) is 0 Å². The highest BCUT2D eigenvalue weighted by atomic mass is 79.9. The molecule has 1 heterocycles. The monoisotopic (exact) mass is 297 g/mol. The van der Waals surface area contributed by atoms with E-state index >= 15 is 0 Å². The molecule has 0 bridgehead atoms. The Kier molecular flexibility index (Phi) is 3.71. The van der Waals surface area contributed by atoms with Crippen molar-refractivity contribution < 1.29 is 0 Å². The Morgan fingerprint density at radius 1 is 1.69 bits per heavy atom. The predicted octanol–water partition coefficient (Wildman–Crippen LogP) is 4.77. The van der Waals surface area contributed by atoms with E-state index in [0.717, 1.165) is 19.3 Å². The summed E-state index contributed by atoms with van der Waals surface area (Å²) < 4.78 is 1.17. The van der Waals surface area contributed by atoms with Gasteiger partial charge < -0.3 is 0 Å². The molecule has 1 fully saturated rings. The van der Waals surface area contributed by atoms with Crippen molar-refractivity contribution in [1.82, 2.24) is 0 Å². The average molecular weight is 298 g/mol. The third-order valence-corrected chi connectivity index (χ3v) is 5.44. The molecule has 0 saturated heterocycles. The molecular weight excluding hydrogens is 282 g/mol. The summed E-state index contributed by atoms with van der Waals surface area (Å²) in [5.41, 5.74) is -0.106. The minimum Gasteiger partial charge on any atom is -0.198 e. The van der Waals surface area contributed by atoms with Crippen LogP contribution in [0.1, 0.15) is 37.5 Å². The summed E-state index contributed by atoms with van der Waals surface area (Å²) >= 11 is 5.32. The largest absolute Gasteiger partial charge is 0.198 e. The van der Waals surface area contributed by atoms with Crippen LogP contribution in [-0.2, 0) is 6.42 Å². The summed E-state index contributed by atoms with van der Waals surface area (Å²) in [5.74, 6) is 0.701. The minimum atomic E-state index is -0.106. The molecule has 2 unspecified atom stereocenters. The van der Waals surface area contributed by atoms with Gasteiger partial charge in [0.1, 0.15) is 0 Å². The van der Waals surface area contributed by atoms with Crippen LogP contribution in [0.15, 0.2) is 15.9 Å². The summed E-state index contributed by atoms with van der Waals surface area (Å²) in [6.45, 7) is 2.27. The van der Waals surface area contributed by atoms with Crippen LogP contribution in [0.25, 0.3) is 0 Å². The van der Waals surface area contributed by atoms with Crippen LogP contribution < -0.4 is 0 Å². The average Bonchev–Trinajstić information content (AvgIpc) is 2.64. The first-order chi connectivity index (χ1) is 7.65. The number of hydrogen-bond donors (Lipinski definition) is 0. The summed E-state index contributed by atoms with van der Waals surface area (Å²) in [4.78, 5) is 1.33. The molecular formula is C13H16BrNS. The lowest BCUT2D eigenvalue weighted by Gasteiger charge is -2.34. The Morgan fingerprint density at radius 3 is 3.06 bits per heavy atom. The Hall–Kier alpha value is -0.330. The SMILES string of the molecule is CC1CCCC(C#N)(Cc2sccc2Br)C1. The van der Waals surface area contributed by atoms with Gasteiger partial charge in [0, 0.05) is 15.8 Å². The van der Waals surface area contributed by atoms with Crippen LogP contribution in [-0.4, -0.2) is 0 Å². The van der Waals surface area contributed by atoms with Crippen molar-refractivity contribution in [1.29, 1.82) is 5.26 Å². The second-order valence-electron chi connectivity index (χ2n) is 4.96. The van der Waals surface area contributed by atoms with Crippen molar-refractivity contribution in [2.24, 2.45) is 11.3 Å². The first-order valence-corrected chi connectivity index (χ1v) is 7.46. The second kappa shape index (κ2) is 4.89. The van der Waals surface area contributed by atoms with Crippen molar-refractivity contribution in [3.8, 4) is 6.07 Å². The number of thiophene rings is 1. The zero-order valence-electron chi connectivity index (χ0n) is 9.50. The fraction of sp³-hybridized carbons (Fsp3) is 0.615. The van der Waals surface area contributed by atoms with Crippen LogP contribution in [0, 0.1) is 22.7 Å². The van der Waals surface area contributed by atoms with Crippen molar-refractivity contribution >= 4 is 27.3 Å². The van der Waals surface area contributed by atoms with Gasteiger partial charge in [-0.2, -0.15) is 5.26 Å². The van der Waals surface area contributed by atoms with Gasteiger partial charge in [-0.05, 0) is 46.1 Å². The molecule has 3 heteroatoms. The summed E-state index contributed by atoms with van der Waals surface area (Å²) in [7, 11) is 0. The van der Waals surface area contributed by atoms with Crippen LogP contribution in [0.2, 0.25) is 0 Å². The van der Waals surface area contributed by atoms with E-state index in [-0.39, 0.29) is 5.41 Å². The normalized spacial score (nSPS) is 29.9. The maximum absolute atomic E-state index is 9.49. The van der Waals surface area contributed by atoms with E-state index in [9.17, 15) is 5.26 Å². The minimum absolute atomic E-state index is 0.106. The fourth-order valence-electron chi connectivity index (χ4n) is 2.72. The van der Waals surface area contributed by atoms with Gasteiger partial charge in [0.25, 0.3) is 0 Å². The lowest BCUT2D eigenvalue weighted by molar-refractivity contribution is 0.210. The van der Waals surface area contributed by atoms with Gasteiger partial charge in [-0.15, -0.1) is 11.3 Å². The first-order valence-electron chi connectivity index (χ1n) is 5.78. The van der Waals surface area contributed by atoms with E-state index in [1.54, 1.807) is 11.3 Å². The van der Waals surface area contributed by atoms with E-state index < -0.39 is 0 Å². The molecule has 1 aromatic rings. The molecule has 2 rings (SSSR count). The number of rotatable bonds is 2.